The molecule has 21 heavy (non-hydrogen) atoms. The lowest BCUT2D eigenvalue weighted by Gasteiger charge is -2.32. The third-order valence-corrected chi connectivity index (χ3v) is 3.45. The lowest BCUT2D eigenvalue weighted by Crippen LogP contribution is -2.46. The topological polar surface area (TPSA) is 85.3 Å². The maximum Gasteiger partial charge on any atom is 0.306 e. The Balaban J connectivity index is 1.71. The monoisotopic (exact) mass is 293 g/mol. The summed E-state index contributed by atoms with van der Waals surface area (Å²) >= 11 is 0. The molecule has 0 saturated carbocycles. The second-order valence-electron chi connectivity index (χ2n) is 4.91. The van der Waals surface area contributed by atoms with Gasteiger partial charge in [0.2, 0.25) is 6.79 Å². The highest BCUT2D eigenvalue weighted by Crippen LogP contribution is 2.32. The second kappa shape index (κ2) is 5.61. The molecule has 112 valence electrons. The molecule has 2 aliphatic heterocycles. The summed E-state index contributed by atoms with van der Waals surface area (Å²) < 4.78 is 15.8. The first kappa shape index (κ1) is 13.7. The number of hydrogen-bond acceptors (Lipinski definition) is 5. The van der Waals surface area contributed by atoms with Crippen molar-refractivity contribution in [1.82, 2.24) is 4.90 Å². The van der Waals surface area contributed by atoms with Crippen LogP contribution in [0.1, 0.15) is 16.8 Å². The van der Waals surface area contributed by atoms with E-state index < -0.39 is 12.1 Å². The van der Waals surface area contributed by atoms with Gasteiger partial charge in [0.1, 0.15) is 0 Å². The Bertz CT molecular complexity index is 573. The molecule has 0 unspecified atom stereocenters. The van der Waals surface area contributed by atoms with Crippen LogP contribution in [0.2, 0.25) is 0 Å². The summed E-state index contributed by atoms with van der Waals surface area (Å²) in [7, 11) is 0. The second-order valence-corrected chi connectivity index (χ2v) is 4.91. The number of fused-ring (bicyclic) bond motifs is 1. The molecule has 7 heteroatoms. The molecule has 1 N–H and O–H groups in total. The molecule has 2 heterocycles. The van der Waals surface area contributed by atoms with Gasteiger partial charge in [0.15, 0.2) is 11.5 Å². The molecule has 1 aromatic rings. The van der Waals surface area contributed by atoms with Crippen LogP contribution < -0.4 is 9.47 Å². The number of carbonyl (C=O) groups is 2. The molecule has 0 spiro atoms. The molecule has 1 fully saturated rings. The first-order valence-electron chi connectivity index (χ1n) is 6.66. The van der Waals surface area contributed by atoms with Crippen molar-refractivity contribution in [1.29, 1.82) is 0 Å². The number of ether oxygens (including phenoxy) is 3. The first-order chi connectivity index (χ1) is 10.1. The SMILES string of the molecule is O=C(O)C[C@H]1CN(C(=O)c2ccc3c(c2)OCO3)CCO1. The van der Waals surface area contributed by atoms with Gasteiger partial charge < -0.3 is 24.2 Å². The van der Waals surface area contributed by atoms with Crippen LogP contribution in [0.25, 0.3) is 0 Å². The van der Waals surface area contributed by atoms with Crippen molar-refractivity contribution in [3.63, 3.8) is 0 Å². The van der Waals surface area contributed by atoms with Gasteiger partial charge in [0.05, 0.1) is 19.1 Å². The molecular formula is C14H15NO6. The van der Waals surface area contributed by atoms with Crippen LogP contribution >= 0.6 is 0 Å². The van der Waals surface area contributed by atoms with Crippen LogP contribution in [0.5, 0.6) is 11.5 Å². The maximum absolute atomic E-state index is 12.5. The Morgan fingerprint density at radius 3 is 2.90 bits per heavy atom. The van der Waals surface area contributed by atoms with Crippen molar-refractivity contribution >= 4 is 11.9 Å². The van der Waals surface area contributed by atoms with Gasteiger partial charge in [-0.25, -0.2) is 0 Å². The van der Waals surface area contributed by atoms with E-state index in [0.717, 1.165) is 0 Å². The highest BCUT2D eigenvalue weighted by Gasteiger charge is 2.27. The number of morpholine rings is 1. The Morgan fingerprint density at radius 2 is 2.10 bits per heavy atom. The van der Waals surface area contributed by atoms with Gasteiger partial charge in [-0.1, -0.05) is 0 Å². The van der Waals surface area contributed by atoms with Crippen molar-refractivity contribution in [3.05, 3.63) is 23.8 Å². The molecule has 1 saturated heterocycles. The summed E-state index contributed by atoms with van der Waals surface area (Å²) in [5, 5.41) is 8.80. The molecule has 0 aromatic heterocycles. The predicted molar refractivity (Wildman–Crippen MR) is 70.5 cm³/mol. The molecular weight excluding hydrogens is 278 g/mol. The van der Waals surface area contributed by atoms with Crippen LogP contribution in [0.4, 0.5) is 0 Å². The molecule has 3 rings (SSSR count). The van der Waals surface area contributed by atoms with Crippen molar-refractivity contribution in [2.45, 2.75) is 12.5 Å². The van der Waals surface area contributed by atoms with Crippen molar-refractivity contribution in [2.24, 2.45) is 0 Å². The van der Waals surface area contributed by atoms with Gasteiger partial charge in [-0.3, -0.25) is 9.59 Å². The average Bonchev–Trinajstić information content (AvgIpc) is 2.93. The van der Waals surface area contributed by atoms with Gasteiger partial charge in [0, 0.05) is 18.7 Å². The lowest BCUT2D eigenvalue weighted by molar-refractivity contribution is -0.141. The number of aliphatic carboxylic acids is 1. The van der Waals surface area contributed by atoms with Crippen LogP contribution in [0.3, 0.4) is 0 Å². The summed E-state index contributed by atoms with van der Waals surface area (Å²) in [5.74, 6) is 0.0813. The van der Waals surface area contributed by atoms with Gasteiger partial charge in [-0.2, -0.15) is 0 Å². The quantitative estimate of drug-likeness (QED) is 0.884. The predicted octanol–water partition coefficient (Wildman–Crippen LogP) is 0.731. The zero-order valence-corrected chi connectivity index (χ0v) is 11.3. The minimum Gasteiger partial charge on any atom is -0.481 e. The molecule has 0 bridgehead atoms. The molecule has 1 amide bonds. The largest absolute Gasteiger partial charge is 0.481 e. The van der Waals surface area contributed by atoms with Crippen molar-refractivity contribution in [3.8, 4) is 11.5 Å². The molecule has 0 radical (unpaired) electrons. The van der Waals surface area contributed by atoms with E-state index in [1.54, 1.807) is 23.1 Å². The van der Waals surface area contributed by atoms with Gasteiger partial charge in [-0.15, -0.1) is 0 Å². The Labute approximate surface area is 121 Å². The minimum atomic E-state index is -0.933. The fourth-order valence-electron chi connectivity index (χ4n) is 2.43. The summed E-state index contributed by atoms with van der Waals surface area (Å²) in [5.41, 5.74) is 0.496. The van der Waals surface area contributed by atoms with E-state index in [2.05, 4.69) is 0 Å². The van der Waals surface area contributed by atoms with E-state index in [1.165, 1.54) is 0 Å². The molecule has 7 nitrogen and oxygen atoms in total. The van der Waals surface area contributed by atoms with Gasteiger partial charge >= 0.3 is 5.97 Å². The van der Waals surface area contributed by atoms with Crippen LogP contribution in [-0.4, -0.2) is 54.5 Å². The van der Waals surface area contributed by atoms with E-state index in [0.29, 0.717) is 30.2 Å². The van der Waals surface area contributed by atoms with E-state index >= 15 is 0 Å². The van der Waals surface area contributed by atoms with Crippen LogP contribution in [0, 0.1) is 0 Å². The zero-order valence-electron chi connectivity index (χ0n) is 11.3. The van der Waals surface area contributed by atoms with Gasteiger partial charge in [-0.05, 0) is 18.2 Å². The van der Waals surface area contributed by atoms with Gasteiger partial charge in [0.25, 0.3) is 5.91 Å². The Kier molecular flexibility index (Phi) is 3.66. The highest BCUT2D eigenvalue weighted by atomic mass is 16.7. The maximum atomic E-state index is 12.5. The van der Waals surface area contributed by atoms with E-state index in [4.69, 9.17) is 19.3 Å². The lowest BCUT2D eigenvalue weighted by atomic mass is 10.1. The average molecular weight is 293 g/mol. The third-order valence-electron chi connectivity index (χ3n) is 3.45. The van der Waals surface area contributed by atoms with Crippen molar-refractivity contribution < 1.29 is 28.9 Å². The number of amides is 1. The number of carboxylic acid groups (broad SMARTS) is 1. The smallest absolute Gasteiger partial charge is 0.306 e. The van der Waals surface area contributed by atoms with Crippen molar-refractivity contribution in [2.75, 3.05) is 26.5 Å². The number of carbonyl (C=O) groups excluding carboxylic acids is 1. The molecule has 0 aliphatic carbocycles. The standard InChI is InChI=1S/C14H15NO6/c16-13(17)6-10-7-15(3-4-19-10)14(18)9-1-2-11-12(5-9)21-8-20-11/h1-2,5,10H,3-4,6-8H2,(H,16,17)/t10-/m0/s1. The summed E-state index contributed by atoms with van der Waals surface area (Å²) in [6.45, 7) is 1.22. The summed E-state index contributed by atoms with van der Waals surface area (Å²) in [6.07, 6.45) is -0.570. The summed E-state index contributed by atoms with van der Waals surface area (Å²) in [6, 6.07) is 5.02. The molecule has 1 atom stereocenters. The third kappa shape index (κ3) is 2.92. The normalized spacial score (nSPS) is 20.4. The zero-order chi connectivity index (χ0) is 14.8. The van der Waals surface area contributed by atoms with Crippen LogP contribution in [0.15, 0.2) is 18.2 Å². The number of rotatable bonds is 3. The van der Waals surface area contributed by atoms with Crippen LogP contribution in [-0.2, 0) is 9.53 Å². The fraction of sp³-hybridized carbons (Fsp3) is 0.429. The minimum absolute atomic E-state index is 0.106. The highest BCUT2D eigenvalue weighted by molar-refractivity contribution is 5.95. The number of carboxylic acids is 1. The van der Waals surface area contributed by atoms with E-state index in [1.807, 2.05) is 0 Å². The van der Waals surface area contributed by atoms with E-state index in [-0.39, 0.29) is 25.7 Å². The number of hydrogen-bond donors (Lipinski definition) is 1. The fourth-order valence-corrected chi connectivity index (χ4v) is 2.43. The number of benzene rings is 1. The molecule has 1 aromatic carbocycles. The Hall–Kier alpha value is -2.28. The molecule has 2 aliphatic rings. The Morgan fingerprint density at radius 1 is 1.29 bits per heavy atom. The first-order valence-corrected chi connectivity index (χ1v) is 6.66. The number of nitrogens with zero attached hydrogens (tertiary/aromatic N) is 1. The van der Waals surface area contributed by atoms with E-state index in [9.17, 15) is 9.59 Å². The summed E-state index contributed by atoms with van der Waals surface area (Å²) in [4.78, 5) is 24.8.